The van der Waals surface area contributed by atoms with Crippen LogP contribution in [0.25, 0.3) is 0 Å². The SMILES string of the molecule is O=C(C[C@@H]1OCCc2ccsc21)N[C@H](Cn1cncn1)c1ccccc1. The minimum Gasteiger partial charge on any atom is -0.372 e. The number of hydrogen-bond donors (Lipinski definition) is 1. The van der Waals surface area contributed by atoms with Gasteiger partial charge in [-0.2, -0.15) is 5.10 Å². The molecular formula is C19H20N4O2S. The second kappa shape index (κ2) is 7.80. The Hall–Kier alpha value is -2.51. The second-order valence-corrected chi connectivity index (χ2v) is 7.22. The summed E-state index contributed by atoms with van der Waals surface area (Å²) >= 11 is 1.67. The van der Waals surface area contributed by atoms with Gasteiger partial charge in [-0.15, -0.1) is 11.3 Å². The molecule has 0 unspecified atom stereocenters. The van der Waals surface area contributed by atoms with Crippen LogP contribution < -0.4 is 5.32 Å². The first kappa shape index (κ1) is 16.9. The standard InChI is InChI=1S/C19H20N4O2S/c24-18(10-17-19-15(6-8-25-17)7-9-26-19)22-16(11-23-13-20-12-21-23)14-4-2-1-3-5-14/h1-5,7,9,12-13,16-17H,6,8,10-11H2,(H,22,24)/t16-,17+/m1/s1. The van der Waals surface area contributed by atoms with E-state index in [-0.39, 0.29) is 18.1 Å². The van der Waals surface area contributed by atoms with Gasteiger partial charge in [0.05, 0.1) is 25.6 Å². The molecule has 3 aromatic rings. The van der Waals surface area contributed by atoms with Gasteiger partial charge in [-0.1, -0.05) is 30.3 Å². The Morgan fingerprint density at radius 3 is 3.04 bits per heavy atom. The topological polar surface area (TPSA) is 69.0 Å². The van der Waals surface area contributed by atoms with E-state index in [9.17, 15) is 4.79 Å². The largest absolute Gasteiger partial charge is 0.372 e. The molecule has 7 heteroatoms. The zero-order valence-corrected chi connectivity index (χ0v) is 15.1. The Bertz CT molecular complexity index is 848. The van der Waals surface area contributed by atoms with Gasteiger partial charge in [0, 0.05) is 4.88 Å². The van der Waals surface area contributed by atoms with Gasteiger partial charge in [0.25, 0.3) is 0 Å². The maximum atomic E-state index is 12.7. The van der Waals surface area contributed by atoms with Gasteiger partial charge in [0.2, 0.25) is 5.91 Å². The molecule has 2 aromatic heterocycles. The number of thiophene rings is 1. The van der Waals surface area contributed by atoms with Crippen molar-refractivity contribution in [2.24, 2.45) is 0 Å². The third-order valence-electron chi connectivity index (χ3n) is 4.51. The van der Waals surface area contributed by atoms with Gasteiger partial charge >= 0.3 is 0 Å². The lowest BCUT2D eigenvalue weighted by atomic mass is 10.0. The van der Waals surface area contributed by atoms with Crippen molar-refractivity contribution in [3.8, 4) is 0 Å². The van der Waals surface area contributed by atoms with E-state index in [0.717, 1.165) is 12.0 Å². The van der Waals surface area contributed by atoms with Crippen LogP contribution in [0.1, 0.15) is 34.6 Å². The number of rotatable bonds is 6. The Labute approximate surface area is 155 Å². The van der Waals surface area contributed by atoms with Crippen molar-refractivity contribution in [3.05, 3.63) is 70.4 Å². The summed E-state index contributed by atoms with van der Waals surface area (Å²) in [7, 11) is 0. The van der Waals surface area contributed by atoms with E-state index in [1.807, 2.05) is 30.3 Å². The van der Waals surface area contributed by atoms with Crippen molar-refractivity contribution >= 4 is 17.2 Å². The quantitative estimate of drug-likeness (QED) is 0.726. The Morgan fingerprint density at radius 2 is 2.23 bits per heavy atom. The molecule has 26 heavy (non-hydrogen) atoms. The van der Waals surface area contributed by atoms with Crippen molar-refractivity contribution in [1.29, 1.82) is 0 Å². The predicted octanol–water partition coefficient (Wildman–Crippen LogP) is 2.90. The normalized spacial score (nSPS) is 17.5. The number of carbonyl (C=O) groups excluding carboxylic acids is 1. The first-order valence-corrected chi connectivity index (χ1v) is 9.52. The number of hydrogen-bond acceptors (Lipinski definition) is 5. The summed E-state index contributed by atoms with van der Waals surface area (Å²) in [6.07, 6.45) is 4.26. The molecule has 4 rings (SSSR count). The van der Waals surface area contributed by atoms with Crippen LogP contribution in [0.15, 0.2) is 54.4 Å². The van der Waals surface area contributed by atoms with E-state index in [1.54, 1.807) is 22.3 Å². The van der Waals surface area contributed by atoms with Crippen molar-refractivity contribution in [3.63, 3.8) is 0 Å². The fraction of sp³-hybridized carbons (Fsp3) is 0.316. The highest BCUT2D eigenvalue weighted by Gasteiger charge is 2.26. The van der Waals surface area contributed by atoms with Crippen LogP contribution in [0.4, 0.5) is 0 Å². The average Bonchev–Trinajstić information content (AvgIpc) is 3.34. The van der Waals surface area contributed by atoms with Crippen LogP contribution in [0.5, 0.6) is 0 Å². The zero-order valence-electron chi connectivity index (χ0n) is 14.2. The summed E-state index contributed by atoms with van der Waals surface area (Å²) in [6.45, 7) is 1.20. The van der Waals surface area contributed by atoms with Gasteiger partial charge in [-0.3, -0.25) is 9.48 Å². The maximum absolute atomic E-state index is 12.7. The van der Waals surface area contributed by atoms with Crippen molar-refractivity contribution in [2.75, 3.05) is 6.61 Å². The molecule has 3 heterocycles. The first-order chi connectivity index (χ1) is 12.8. The number of amides is 1. The van der Waals surface area contributed by atoms with Crippen LogP contribution in [0.3, 0.4) is 0 Å². The predicted molar refractivity (Wildman–Crippen MR) is 98.7 cm³/mol. The van der Waals surface area contributed by atoms with Gasteiger partial charge < -0.3 is 10.1 Å². The smallest absolute Gasteiger partial charge is 0.223 e. The van der Waals surface area contributed by atoms with Crippen LogP contribution in [0.2, 0.25) is 0 Å². The number of aromatic nitrogens is 3. The van der Waals surface area contributed by atoms with Gasteiger partial charge in [-0.05, 0) is 29.0 Å². The molecule has 0 fully saturated rings. The number of ether oxygens (including phenoxy) is 1. The van der Waals surface area contributed by atoms with E-state index in [0.29, 0.717) is 19.6 Å². The van der Waals surface area contributed by atoms with Crippen LogP contribution in [-0.2, 0) is 22.5 Å². The van der Waals surface area contributed by atoms with Crippen molar-refractivity contribution in [2.45, 2.75) is 31.5 Å². The van der Waals surface area contributed by atoms with Crippen LogP contribution in [0, 0.1) is 0 Å². The molecule has 0 saturated carbocycles. The fourth-order valence-electron chi connectivity index (χ4n) is 3.23. The lowest BCUT2D eigenvalue weighted by Crippen LogP contribution is -2.33. The van der Waals surface area contributed by atoms with Crippen molar-refractivity contribution in [1.82, 2.24) is 20.1 Å². The van der Waals surface area contributed by atoms with E-state index in [4.69, 9.17) is 4.74 Å². The molecule has 0 saturated heterocycles. The monoisotopic (exact) mass is 368 g/mol. The molecule has 134 valence electrons. The molecule has 1 N–H and O–H groups in total. The Kier molecular flexibility index (Phi) is 5.08. The van der Waals surface area contributed by atoms with E-state index < -0.39 is 0 Å². The van der Waals surface area contributed by atoms with Gasteiger partial charge in [0.15, 0.2) is 0 Å². The fourth-order valence-corrected chi connectivity index (χ4v) is 4.23. The summed E-state index contributed by atoms with van der Waals surface area (Å²) in [5.74, 6) is -0.0229. The molecule has 1 aliphatic heterocycles. The molecule has 0 spiro atoms. The summed E-state index contributed by atoms with van der Waals surface area (Å²) < 4.78 is 7.58. The first-order valence-electron chi connectivity index (χ1n) is 8.64. The van der Waals surface area contributed by atoms with Crippen molar-refractivity contribution < 1.29 is 9.53 Å². The molecule has 0 aliphatic carbocycles. The summed E-state index contributed by atoms with van der Waals surface area (Å²) in [5, 5.41) is 9.37. The van der Waals surface area contributed by atoms with Gasteiger partial charge in [-0.25, -0.2) is 4.98 Å². The summed E-state index contributed by atoms with van der Waals surface area (Å²) in [4.78, 5) is 17.9. The molecule has 0 radical (unpaired) electrons. The maximum Gasteiger partial charge on any atom is 0.223 e. The molecule has 1 aliphatic rings. The number of benzene rings is 1. The van der Waals surface area contributed by atoms with Crippen LogP contribution >= 0.6 is 11.3 Å². The summed E-state index contributed by atoms with van der Waals surface area (Å²) in [5.41, 5.74) is 2.35. The van der Waals surface area contributed by atoms with Gasteiger partial charge in [0.1, 0.15) is 18.8 Å². The average molecular weight is 368 g/mol. The molecule has 1 aromatic carbocycles. The third-order valence-corrected chi connectivity index (χ3v) is 5.56. The van der Waals surface area contributed by atoms with E-state index in [1.165, 1.54) is 16.8 Å². The lowest BCUT2D eigenvalue weighted by molar-refractivity contribution is -0.125. The zero-order chi connectivity index (χ0) is 17.8. The lowest BCUT2D eigenvalue weighted by Gasteiger charge is -2.24. The molecule has 2 atom stereocenters. The number of fused-ring (bicyclic) bond motifs is 1. The minimum atomic E-state index is -0.170. The molecule has 6 nitrogen and oxygen atoms in total. The molecular weight excluding hydrogens is 348 g/mol. The van der Waals surface area contributed by atoms with E-state index in [2.05, 4.69) is 26.8 Å². The highest BCUT2D eigenvalue weighted by Crippen LogP contribution is 2.34. The highest BCUT2D eigenvalue weighted by atomic mass is 32.1. The molecule has 0 bridgehead atoms. The molecule has 1 amide bonds. The van der Waals surface area contributed by atoms with E-state index >= 15 is 0 Å². The Balaban J connectivity index is 1.46. The number of carbonyl (C=O) groups is 1. The number of nitrogens with one attached hydrogen (secondary N) is 1. The Morgan fingerprint density at radius 1 is 1.35 bits per heavy atom. The summed E-state index contributed by atoms with van der Waals surface area (Å²) in [6, 6.07) is 11.9. The third kappa shape index (κ3) is 3.84. The van der Waals surface area contributed by atoms with Crippen LogP contribution in [-0.4, -0.2) is 27.3 Å². The highest BCUT2D eigenvalue weighted by molar-refractivity contribution is 7.10. The number of nitrogens with zero attached hydrogens (tertiary/aromatic N) is 3. The minimum absolute atomic E-state index is 0.0229. The second-order valence-electron chi connectivity index (χ2n) is 6.27.